The van der Waals surface area contributed by atoms with Gasteiger partial charge in [0.2, 0.25) is 10.0 Å². The van der Waals surface area contributed by atoms with E-state index in [-0.39, 0.29) is 17.7 Å². The Morgan fingerprint density at radius 1 is 1.19 bits per heavy atom. The lowest BCUT2D eigenvalue weighted by molar-refractivity contribution is 0.574. The van der Waals surface area contributed by atoms with Gasteiger partial charge in [0.05, 0.1) is 29.4 Å². The number of hydrogen-bond acceptors (Lipinski definition) is 4. The first-order valence-corrected chi connectivity index (χ1v) is 9.36. The molecule has 0 amide bonds. The molecule has 6 nitrogen and oxygen atoms in total. The number of nitrogens with zero attached hydrogens (tertiary/aromatic N) is 3. The molecule has 3 aromatic rings. The smallest absolute Gasteiger partial charge is 0.216 e. The summed E-state index contributed by atoms with van der Waals surface area (Å²) in [6, 6.07) is 12.8. The second-order valence-corrected chi connectivity index (χ2v) is 7.40. The van der Waals surface area contributed by atoms with Gasteiger partial charge in [0.1, 0.15) is 5.82 Å². The number of sulfonamides is 1. The second kappa shape index (κ2) is 7.47. The molecule has 0 radical (unpaired) electrons. The molecule has 1 aromatic heterocycles. The molecule has 0 spiro atoms. The molecule has 2 aromatic carbocycles. The first-order chi connectivity index (χ1) is 12.5. The fourth-order valence-electron chi connectivity index (χ4n) is 2.51. The van der Waals surface area contributed by atoms with Crippen molar-refractivity contribution in [1.29, 1.82) is 5.26 Å². The van der Waals surface area contributed by atoms with Crippen molar-refractivity contribution in [2.75, 3.05) is 0 Å². The first-order valence-electron chi connectivity index (χ1n) is 7.70. The van der Waals surface area contributed by atoms with Gasteiger partial charge in [-0.05, 0) is 29.8 Å². The van der Waals surface area contributed by atoms with Crippen LogP contribution in [0, 0.1) is 17.1 Å². The summed E-state index contributed by atoms with van der Waals surface area (Å²) in [7, 11) is -3.79. The molecule has 0 saturated carbocycles. The molecule has 0 aliphatic carbocycles. The van der Waals surface area contributed by atoms with Crippen LogP contribution >= 0.6 is 0 Å². The molecule has 3 rings (SSSR count). The molecule has 8 heteroatoms. The number of aromatic nitrogens is 2. The van der Waals surface area contributed by atoms with Crippen molar-refractivity contribution in [2.45, 2.75) is 12.3 Å². The van der Waals surface area contributed by atoms with Crippen molar-refractivity contribution in [3.05, 3.63) is 83.7 Å². The standard InChI is InChI=1S/C18H15FN4O2S/c19-17-6-5-14(10-20)9-16(17)12-26(24,25)22-11-15-3-1-2-4-18(15)23-8-7-21-13-23/h1-9,13,22H,11-12H2. The van der Waals surface area contributed by atoms with Crippen molar-refractivity contribution >= 4 is 10.0 Å². The molecular weight excluding hydrogens is 355 g/mol. The predicted octanol–water partition coefficient (Wildman–Crippen LogP) is 2.50. The molecule has 0 fully saturated rings. The normalized spacial score (nSPS) is 11.2. The van der Waals surface area contributed by atoms with Gasteiger partial charge in [-0.2, -0.15) is 5.26 Å². The maximum Gasteiger partial charge on any atom is 0.216 e. The number of para-hydroxylation sites is 1. The fourth-order valence-corrected chi connectivity index (χ4v) is 3.62. The van der Waals surface area contributed by atoms with Crippen LogP contribution in [0.3, 0.4) is 0 Å². The van der Waals surface area contributed by atoms with Crippen molar-refractivity contribution in [1.82, 2.24) is 14.3 Å². The molecule has 0 unspecified atom stereocenters. The van der Waals surface area contributed by atoms with E-state index in [4.69, 9.17) is 5.26 Å². The van der Waals surface area contributed by atoms with Gasteiger partial charge in [-0.15, -0.1) is 0 Å². The largest absolute Gasteiger partial charge is 0.306 e. The molecule has 1 N–H and O–H groups in total. The Hall–Kier alpha value is -3.02. The number of hydrogen-bond donors (Lipinski definition) is 1. The SMILES string of the molecule is N#Cc1ccc(F)c(CS(=O)(=O)NCc2ccccc2-n2ccnc2)c1. The molecule has 1 heterocycles. The maximum absolute atomic E-state index is 13.8. The molecule has 0 atom stereocenters. The number of benzene rings is 2. The Morgan fingerprint density at radius 3 is 2.73 bits per heavy atom. The van der Waals surface area contributed by atoms with Gasteiger partial charge in [0.15, 0.2) is 0 Å². The van der Waals surface area contributed by atoms with Gasteiger partial charge < -0.3 is 4.57 Å². The van der Waals surface area contributed by atoms with Crippen LogP contribution in [0.4, 0.5) is 4.39 Å². The molecule has 132 valence electrons. The lowest BCUT2D eigenvalue weighted by atomic mass is 10.1. The minimum absolute atomic E-state index is 0.0422. The summed E-state index contributed by atoms with van der Waals surface area (Å²) in [6.45, 7) is 0.0518. The average molecular weight is 370 g/mol. The lowest BCUT2D eigenvalue weighted by Gasteiger charge is -2.12. The van der Waals surface area contributed by atoms with E-state index in [1.54, 1.807) is 35.4 Å². The highest BCUT2D eigenvalue weighted by Gasteiger charge is 2.16. The third-order valence-electron chi connectivity index (χ3n) is 3.78. The van der Waals surface area contributed by atoms with Gasteiger partial charge in [0.25, 0.3) is 0 Å². The molecule has 0 aliphatic rings. The Labute approximate surface area is 150 Å². The lowest BCUT2D eigenvalue weighted by Crippen LogP contribution is -2.25. The average Bonchev–Trinajstić information content (AvgIpc) is 3.16. The minimum Gasteiger partial charge on any atom is -0.306 e. The van der Waals surface area contributed by atoms with Crippen LogP contribution in [0.15, 0.2) is 61.2 Å². The molecular formula is C18H15FN4O2S. The van der Waals surface area contributed by atoms with Crippen LogP contribution in [0.25, 0.3) is 5.69 Å². The van der Waals surface area contributed by atoms with Gasteiger partial charge in [0, 0.05) is 24.5 Å². The van der Waals surface area contributed by atoms with E-state index in [9.17, 15) is 12.8 Å². The third-order valence-corrected chi connectivity index (χ3v) is 5.05. The van der Waals surface area contributed by atoms with Crippen LogP contribution in [-0.4, -0.2) is 18.0 Å². The number of imidazole rings is 1. The van der Waals surface area contributed by atoms with E-state index in [1.807, 2.05) is 18.2 Å². The summed E-state index contributed by atoms with van der Waals surface area (Å²) in [5.74, 6) is -1.20. The van der Waals surface area contributed by atoms with Gasteiger partial charge in [-0.25, -0.2) is 22.5 Å². The van der Waals surface area contributed by atoms with E-state index in [1.165, 1.54) is 12.1 Å². The highest BCUT2D eigenvalue weighted by Crippen LogP contribution is 2.16. The van der Waals surface area contributed by atoms with Crippen molar-refractivity contribution < 1.29 is 12.8 Å². The van der Waals surface area contributed by atoms with Crippen LogP contribution in [0.2, 0.25) is 0 Å². The van der Waals surface area contributed by atoms with Gasteiger partial charge in [-0.3, -0.25) is 0 Å². The number of halogens is 1. The minimum atomic E-state index is -3.79. The van der Waals surface area contributed by atoms with Crippen LogP contribution in [0.1, 0.15) is 16.7 Å². The summed E-state index contributed by atoms with van der Waals surface area (Å²) in [5.41, 5.74) is 1.71. The zero-order valence-electron chi connectivity index (χ0n) is 13.6. The number of nitrogens with one attached hydrogen (secondary N) is 1. The first kappa shape index (κ1) is 17.8. The molecule has 0 aliphatic heterocycles. The van der Waals surface area contributed by atoms with Crippen molar-refractivity contribution in [3.8, 4) is 11.8 Å². The summed E-state index contributed by atoms with van der Waals surface area (Å²) in [6.07, 6.45) is 5.01. The van der Waals surface area contributed by atoms with E-state index >= 15 is 0 Å². The highest BCUT2D eigenvalue weighted by atomic mass is 32.2. The Bertz CT molecular complexity index is 1060. The summed E-state index contributed by atoms with van der Waals surface area (Å²) in [4.78, 5) is 3.99. The van der Waals surface area contributed by atoms with Gasteiger partial charge in [-0.1, -0.05) is 18.2 Å². The van der Waals surface area contributed by atoms with E-state index in [0.717, 1.165) is 17.3 Å². The predicted molar refractivity (Wildman–Crippen MR) is 94.1 cm³/mol. The zero-order valence-corrected chi connectivity index (χ0v) is 14.4. The van der Waals surface area contributed by atoms with Crippen LogP contribution in [0.5, 0.6) is 0 Å². The van der Waals surface area contributed by atoms with Crippen molar-refractivity contribution in [3.63, 3.8) is 0 Å². The highest BCUT2D eigenvalue weighted by molar-refractivity contribution is 7.88. The third kappa shape index (κ3) is 4.14. The Morgan fingerprint density at radius 2 is 2.00 bits per heavy atom. The zero-order chi connectivity index (χ0) is 18.6. The molecule has 26 heavy (non-hydrogen) atoms. The summed E-state index contributed by atoms with van der Waals surface area (Å²) >= 11 is 0. The van der Waals surface area contributed by atoms with Gasteiger partial charge >= 0.3 is 0 Å². The monoisotopic (exact) mass is 370 g/mol. The number of rotatable bonds is 6. The van der Waals surface area contributed by atoms with E-state index in [2.05, 4.69) is 9.71 Å². The summed E-state index contributed by atoms with van der Waals surface area (Å²) < 4.78 is 42.8. The topological polar surface area (TPSA) is 87.8 Å². The fraction of sp³-hybridized carbons (Fsp3) is 0.111. The van der Waals surface area contributed by atoms with Crippen LogP contribution < -0.4 is 4.72 Å². The molecule has 0 saturated heterocycles. The summed E-state index contributed by atoms with van der Waals surface area (Å²) in [5, 5.41) is 8.88. The van der Waals surface area contributed by atoms with E-state index in [0.29, 0.717) is 0 Å². The van der Waals surface area contributed by atoms with E-state index < -0.39 is 21.6 Å². The number of nitriles is 1. The quantitative estimate of drug-likeness (QED) is 0.722. The van der Waals surface area contributed by atoms with Crippen molar-refractivity contribution in [2.24, 2.45) is 0 Å². The Kier molecular flexibility index (Phi) is 5.11. The Balaban J connectivity index is 1.77. The maximum atomic E-state index is 13.8. The molecule has 0 bridgehead atoms. The van der Waals surface area contributed by atoms with Crippen LogP contribution in [-0.2, 0) is 22.3 Å². The second-order valence-electron chi connectivity index (χ2n) is 5.60.